The SMILES string of the molecule is C[C@H](N)c1cc2ncccc2[nH]c1=O. The molecule has 0 aromatic carbocycles. The van der Waals surface area contributed by atoms with E-state index in [0.717, 1.165) is 11.0 Å². The van der Waals surface area contributed by atoms with Crippen molar-refractivity contribution in [2.24, 2.45) is 5.73 Å². The molecule has 0 aliphatic carbocycles. The van der Waals surface area contributed by atoms with Crippen LogP contribution in [0.2, 0.25) is 0 Å². The van der Waals surface area contributed by atoms with E-state index in [1.54, 1.807) is 25.3 Å². The predicted molar refractivity (Wildman–Crippen MR) is 55.0 cm³/mol. The second-order valence-corrected chi connectivity index (χ2v) is 3.28. The lowest BCUT2D eigenvalue weighted by atomic mass is 10.1. The number of aromatic amines is 1. The van der Waals surface area contributed by atoms with Gasteiger partial charge >= 0.3 is 0 Å². The summed E-state index contributed by atoms with van der Waals surface area (Å²) in [6.45, 7) is 1.78. The quantitative estimate of drug-likeness (QED) is 0.701. The van der Waals surface area contributed by atoms with Crippen molar-refractivity contribution < 1.29 is 0 Å². The number of fused-ring (bicyclic) bond motifs is 1. The molecule has 2 rings (SSSR count). The summed E-state index contributed by atoms with van der Waals surface area (Å²) >= 11 is 0. The molecule has 0 aliphatic heterocycles. The van der Waals surface area contributed by atoms with Gasteiger partial charge in [-0.25, -0.2) is 0 Å². The lowest BCUT2D eigenvalue weighted by Gasteiger charge is -2.04. The van der Waals surface area contributed by atoms with Crippen LogP contribution in [0.5, 0.6) is 0 Å². The summed E-state index contributed by atoms with van der Waals surface area (Å²) in [7, 11) is 0. The third-order valence-electron chi connectivity index (χ3n) is 2.13. The molecule has 0 bridgehead atoms. The van der Waals surface area contributed by atoms with Gasteiger partial charge in [0, 0.05) is 17.8 Å². The maximum Gasteiger partial charge on any atom is 0.253 e. The molecule has 4 nitrogen and oxygen atoms in total. The van der Waals surface area contributed by atoms with Gasteiger partial charge in [-0.15, -0.1) is 0 Å². The van der Waals surface area contributed by atoms with Crippen molar-refractivity contribution in [3.63, 3.8) is 0 Å². The van der Waals surface area contributed by atoms with Gasteiger partial charge in [0.15, 0.2) is 0 Å². The molecule has 0 amide bonds. The minimum absolute atomic E-state index is 0.138. The fourth-order valence-corrected chi connectivity index (χ4v) is 1.38. The van der Waals surface area contributed by atoms with Gasteiger partial charge in [-0.3, -0.25) is 9.78 Å². The fourth-order valence-electron chi connectivity index (χ4n) is 1.38. The van der Waals surface area contributed by atoms with Crippen molar-refractivity contribution in [1.82, 2.24) is 9.97 Å². The van der Waals surface area contributed by atoms with Crippen molar-refractivity contribution in [2.75, 3.05) is 0 Å². The van der Waals surface area contributed by atoms with Crippen LogP contribution in [-0.2, 0) is 0 Å². The van der Waals surface area contributed by atoms with Crippen molar-refractivity contribution in [2.45, 2.75) is 13.0 Å². The van der Waals surface area contributed by atoms with E-state index in [4.69, 9.17) is 5.73 Å². The molecule has 4 heteroatoms. The average molecular weight is 189 g/mol. The number of aromatic nitrogens is 2. The molecule has 2 aromatic rings. The topological polar surface area (TPSA) is 71.8 Å². The van der Waals surface area contributed by atoms with Crippen LogP contribution in [0.25, 0.3) is 11.0 Å². The molecule has 0 unspecified atom stereocenters. The van der Waals surface area contributed by atoms with E-state index in [1.165, 1.54) is 0 Å². The molecule has 3 N–H and O–H groups in total. The molecular weight excluding hydrogens is 178 g/mol. The Hall–Kier alpha value is -1.68. The van der Waals surface area contributed by atoms with E-state index >= 15 is 0 Å². The zero-order valence-corrected chi connectivity index (χ0v) is 7.82. The maximum atomic E-state index is 11.5. The van der Waals surface area contributed by atoms with Crippen molar-refractivity contribution in [3.05, 3.63) is 40.3 Å². The lowest BCUT2D eigenvalue weighted by Crippen LogP contribution is -2.19. The lowest BCUT2D eigenvalue weighted by molar-refractivity contribution is 0.803. The fraction of sp³-hybridized carbons (Fsp3) is 0.200. The summed E-state index contributed by atoms with van der Waals surface area (Å²) in [4.78, 5) is 18.4. The summed E-state index contributed by atoms with van der Waals surface area (Å²) in [5, 5.41) is 0. The molecule has 0 radical (unpaired) electrons. The van der Waals surface area contributed by atoms with Crippen LogP contribution in [0.4, 0.5) is 0 Å². The number of rotatable bonds is 1. The van der Waals surface area contributed by atoms with Gasteiger partial charge in [0.05, 0.1) is 11.0 Å². The first-order chi connectivity index (χ1) is 6.68. The molecule has 2 aromatic heterocycles. The van der Waals surface area contributed by atoms with Crippen LogP contribution in [0.15, 0.2) is 29.2 Å². The summed E-state index contributed by atoms with van der Waals surface area (Å²) in [6, 6.07) is 5.06. The van der Waals surface area contributed by atoms with Gasteiger partial charge < -0.3 is 10.7 Å². The molecule has 0 aliphatic rings. The van der Waals surface area contributed by atoms with E-state index in [2.05, 4.69) is 9.97 Å². The van der Waals surface area contributed by atoms with E-state index in [1.807, 2.05) is 6.07 Å². The number of pyridine rings is 2. The van der Waals surface area contributed by atoms with Gasteiger partial charge in [0.25, 0.3) is 5.56 Å². The Labute approximate surface area is 80.8 Å². The highest BCUT2D eigenvalue weighted by molar-refractivity contribution is 5.74. The second-order valence-electron chi connectivity index (χ2n) is 3.28. The van der Waals surface area contributed by atoms with E-state index < -0.39 is 0 Å². The normalized spacial score (nSPS) is 13.0. The van der Waals surface area contributed by atoms with Crippen LogP contribution < -0.4 is 11.3 Å². The number of nitrogens with one attached hydrogen (secondary N) is 1. The maximum absolute atomic E-state index is 11.5. The monoisotopic (exact) mass is 189 g/mol. The molecule has 1 atom stereocenters. The predicted octanol–water partition coefficient (Wildman–Crippen LogP) is 0.943. The molecule has 2 heterocycles. The smallest absolute Gasteiger partial charge is 0.253 e. The van der Waals surface area contributed by atoms with Crippen LogP contribution >= 0.6 is 0 Å². The first-order valence-electron chi connectivity index (χ1n) is 4.42. The van der Waals surface area contributed by atoms with Gasteiger partial charge in [0.1, 0.15) is 0 Å². The highest BCUT2D eigenvalue weighted by Crippen LogP contribution is 2.10. The largest absolute Gasteiger partial charge is 0.324 e. The minimum Gasteiger partial charge on any atom is -0.324 e. The van der Waals surface area contributed by atoms with Gasteiger partial charge in [-0.05, 0) is 25.1 Å². The summed E-state index contributed by atoms with van der Waals surface area (Å²) < 4.78 is 0. The summed E-state index contributed by atoms with van der Waals surface area (Å²) in [5.41, 5.74) is 7.59. The Kier molecular flexibility index (Phi) is 2.05. The third kappa shape index (κ3) is 1.40. The van der Waals surface area contributed by atoms with Crippen molar-refractivity contribution >= 4 is 11.0 Å². The van der Waals surface area contributed by atoms with Crippen LogP contribution in [-0.4, -0.2) is 9.97 Å². The second kappa shape index (κ2) is 3.23. The number of nitrogens with zero attached hydrogens (tertiary/aromatic N) is 1. The van der Waals surface area contributed by atoms with E-state index in [9.17, 15) is 4.79 Å². The van der Waals surface area contributed by atoms with Crippen molar-refractivity contribution in [1.29, 1.82) is 0 Å². The number of hydrogen-bond donors (Lipinski definition) is 2. The molecule has 0 saturated carbocycles. The standard InChI is InChI=1S/C10H11N3O/c1-6(11)7-5-9-8(13-10(7)14)3-2-4-12-9/h2-6H,11H2,1H3,(H,13,14)/t6-/m0/s1. The van der Waals surface area contributed by atoms with Crippen molar-refractivity contribution in [3.8, 4) is 0 Å². The Bertz CT molecular complexity index is 516. The zero-order chi connectivity index (χ0) is 10.1. The average Bonchev–Trinajstić information content (AvgIpc) is 2.16. The Morgan fingerprint density at radius 3 is 3.07 bits per heavy atom. The highest BCUT2D eigenvalue weighted by atomic mass is 16.1. The Balaban J connectivity index is 2.78. The van der Waals surface area contributed by atoms with Gasteiger partial charge in [-0.2, -0.15) is 0 Å². The number of H-pyrrole nitrogens is 1. The summed E-state index contributed by atoms with van der Waals surface area (Å²) in [5.74, 6) is 0. The molecule has 0 saturated heterocycles. The van der Waals surface area contributed by atoms with Gasteiger partial charge in [-0.1, -0.05) is 0 Å². The molecule has 0 fully saturated rings. The summed E-state index contributed by atoms with van der Waals surface area (Å²) in [6.07, 6.45) is 1.69. The highest BCUT2D eigenvalue weighted by Gasteiger charge is 2.06. The molecule has 72 valence electrons. The molecular formula is C10H11N3O. The molecule has 14 heavy (non-hydrogen) atoms. The number of nitrogens with two attached hydrogens (primary N) is 1. The third-order valence-corrected chi connectivity index (χ3v) is 2.13. The minimum atomic E-state index is -0.273. The molecule has 0 spiro atoms. The van der Waals surface area contributed by atoms with E-state index in [-0.39, 0.29) is 11.6 Å². The van der Waals surface area contributed by atoms with E-state index in [0.29, 0.717) is 5.56 Å². The van der Waals surface area contributed by atoms with Crippen LogP contribution in [0.1, 0.15) is 18.5 Å². The van der Waals surface area contributed by atoms with Crippen LogP contribution in [0, 0.1) is 0 Å². The van der Waals surface area contributed by atoms with Gasteiger partial charge in [0.2, 0.25) is 0 Å². The Morgan fingerprint density at radius 2 is 2.36 bits per heavy atom. The number of hydrogen-bond acceptors (Lipinski definition) is 3. The first kappa shape index (κ1) is 8.90. The van der Waals surface area contributed by atoms with Crippen LogP contribution in [0.3, 0.4) is 0 Å². The first-order valence-corrected chi connectivity index (χ1v) is 4.42. The Morgan fingerprint density at radius 1 is 1.57 bits per heavy atom. The zero-order valence-electron chi connectivity index (χ0n) is 7.82.